The molecule has 0 unspecified atom stereocenters. The van der Waals surface area contributed by atoms with Crippen molar-refractivity contribution in [2.24, 2.45) is 0 Å². The van der Waals surface area contributed by atoms with Gasteiger partial charge < -0.3 is 10.2 Å². The number of anilines is 1. The lowest BCUT2D eigenvalue weighted by molar-refractivity contribution is 0.111. The van der Waals surface area contributed by atoms with E-state index in [9.17, 15) is 9.59 Å². The van der Waals surface area contributed by atoms with Crippen molar-refractivity contribution < 1.29 is 9.59 Å². The highest BCUT2D eigenvalue weighted by Crippen LogP contribution is 2.07. The van der Waals surface area contributed by atoms with Crippen LogP contribution in [0.3, 0.4) is 0 Å². The summed E-state index contributed by atoms with van der Waals surface area (Å²) in [6, 6.07) is 6.74. The van der Waals surface area contributed by atoms with E-state index in [1.807, 2.05) is 39.2 Å². The van der Waals surface area contributed by atoms with Crippen LogP contribution < -0.4 is 10.2 Å². The smallest absolute Gasteiger partial charge is 0.168 e. The summed E-state index contributed by atoms with van der Waals surface area (Å²) in [5.74, 6) is 0. The normalized spacial score (nSPS) is 8.74. The van der Waals surface area contributed by atoms with E-state index >= 15 is 0 Å². The van der Waals surface area contributed by atoms with Gasteiger partial charge in [-0.15, -0.1) is 0 Å². The Hall–Kier alpha value is -2.31. The van der Waals surface area contributed by atoms with Crippen LogP contribution in [0.25, 0.3) is 0 Å². The van der Waals surface area contributed by atoms with Crippen molar-refractivity contribution in [2.75, 3.05) is 33.1 Å². The molecule has 0 aliphatic carbocycles. The maximum atomic E-state index is 10.2. The number of hydrogen-bond donors (Lipinski definition) is 1. The van der Waals surface area contributed by atoms with Crippen molar-refractivity contribution >= 4 is 29.9 Å². The van der Waals surface area contributed by atoms with E-state index < -0.39 is 0 Å². The minimum Gasteiger partial charge on any atom is -0.376 e. The first-order chi connectivity index (χ1) is 11.0. The Bertz CT molecular complexity index is 572. The Morgan fingerprint density at radius 1 is 0.957 bits per heavy atom. The molecule has 0 bridgehead atoms. The largest absolute Gasteiger partial charge is 0.376 e. The van der Waals surface area contributed by atoms with Crippen LogP contribution in [-0.2, 0) is 0 Å². The molecule has 23 heavy (non-hydrogen) atoms. The Morgan fingerprint density at radius 3 is 1.74 bits per heavy atom. The van der Waals surface area contributed by atoms with Crippen LogP contribution in [-0.4, -0.2) is 50.7 Å². The summed E-state index contributed by atoms with van der Waals surface area (Å²) in [4.78, 5) is 29.8. The molecule has 0 saturated heterocycles. The lowest BCUT2D eigenvalue weighted by atomic mass is 10.3. The van der Waals surface area contributed by atoms with Crippen molar-refractivity contribution in [3.63, 3.8) is 0 Å². The topological polar surface area (TPSA) is 75.2 Å². The highest BCUT2D eigenvalue weighted by Gasteiger charge is 1.94. The Balaban J connectivity index is 0.000000365. The van der Waals surface area contributed by atoms with Crippen LogP contribution in [0.15, 0.2) is 36.7 Å². The second kappa shape index (κ2) is 12.3. The Kier molecular flexibility index (Phi) is 11.0. The number of pyridine rings is 2. The van der Waals surface area contributed by atoms with Gasteiger partial charge in [-0.3, -0.25) is 19.6 Å². The van der Waals surface area contributed by atoms with E-state index in [2.05, 4.69) is 15.3 Å². The standard InChI is InChI=1S/C8H10N2O.C6H4ClNO.C2H7N/c1-10(2)8-4-3-7(6-11)9-5-8;7-5-1-2-6(4-9)8-3-5;1-3-2/h3-6H,1-2H3;1-4H;3H,1-2H3. The maximum absolute atomic E-state index is 10.2. The first-order valence-corrected chi connectivity index (χ1v) is 7.10. The molecule has 7 heteroatoms. The minimum absolute atomic E-state index is 0.402. The highest BCUT2D eigenvalue weighted by molar-refractivity contribution is 6.30. The van der Waals surface area contributed by atoms with Gasteiger partial charge >= 0.3 is 0 Å². The van der Waals surface area contributed by atoms with Crippen LogP contribution in [0, 0.1) is 0 Å². The molecule has 0 spiro atoms. The van der Waals surface area contributed by atoms with Crippen LogP contribution in [0.4, 0.5) is 5.69 Å². The van der Waals surface area contributed by atoms with Crippen LogP contribution in [0.1, 0.15) is 21.0 Å². The van der Waals surface area contributed by atoms with E-state index in [4.69, 9.17) is 11.6 Å². The summed E-state index contributed by atoms with van der Waals surface area (Å²) in [7, 11) is 7.61. The van der Waals surface area contributed by atoms with Crippen LogP contribution >= 0.6 is 11.6 Å². The molecule has 0 aliphatic rings. The molecular formula is C16H21ClN4O2. The van der Waals surface area contributed by atoms with Gasteiger partial charge in [0.1, 0.15) is 11.4 Å². The van der Waals surface area contributed by atoms with Gasteiger partial charge in [0, 0.05) is 20.3 Å². The third-order valence-corrected chi connectivity index (χ3v) is 2.50. The number of aldehydes is 2. The average Bonchev–Trinajstić information content (AvgIpc) is 2.57. The molecule has 2 heterocycles. The summed E-state index contributed by atoms with van der Waals surface area (Å²) in [6.45, 7) is 0. The zero-order valence-corrected chi connectivity index (χ0v) is 14.4. The number of halogens is 1. The van der Waals surface area contributed by atoms with Crippen molar-refractivity contribution in [1.82, 2.24) is 15.3 Å². The van der Waals surface area contributed by atoms with Gasteiger partial charge in [-0.1, -0.05) is 11.6 Å². The van der Waals surface area contributed by atoms with E-state index in [-0.39, 0.29) is 0 Å². The zero-order chi connectivity index (χ0) is 17.7. The van der Waals surface area contributed by atoms with Gasteiger partial charge in [0.2, 0.25) is 0 Å². The summed E-state index contributed by atoms with van der Waals surface area (Å²) in [6.07, 6.45) is 4.52. The van der Waals surface area contributed by atoms with E-state index in [1.54, 1.807) is 24.4 Å². The predicted octanol–water partition coefficient (Wildman–Crippen LogP) is 2.34. The Labute approximate surface area is 141 Å². The molecule has 0 fully saturated rings. The molecule has 0 aromatic carbocycles. The molecule has 2 rings (SSSR count). The summed E-state index contributed by atoms with van der Waals surface area (Å²) in [5.41, 5.74) is 1.87. The lowest BCUT2D eigenvalue weighted by Gasteiger charge is -2.10. The molecule has 0 aliphatic heterocycles. The number of carbonyl (C=O) groups is 2. The molecule has 6 nitrogen and oxygen atoms in total. The van der Waals surface area contributed by atoms with E-state index in [1.165, 1.54) is 6.20 Å². The van der Waals surface area contributed by atoms with Gasteiger partial charge in [-0.2, -0.15) is 0 Å². The fraction of sp³-hybridized carbons (Fsp3) is 0.250. The predicted molar refractivity (Wildman–Crippen MR) is 93.6 cm³/mol. The van der Waals surface area contributed by atoms with Gasteiger partial charge in [0.25, 0.3) is 0 Å². The zero-order valence-electron chi connectivity index (χ0n) is 13.7. The number of nitrogens with one attached hydrogen (secondary N) is 1. The molecule has 0 radical (unpaired) electrons. The van der Waals surface area contributed by atoms with E-state index in [0.717, 1.165) is 12.0 Å². The molecule has 0 saturated carbocycles. The van der Waals surface area contributed by atoms with Crippen LogP contribution in [0.5, 0.6) is 0 Å². The van der Waals surface area contributed by atoms with Crippen molar-refractivity contribution in [1.29, 1.82) is 0 Å². The minimum atomic E-state index is 0.402. The molecule has 0 atom stereocenters. The third-order valence-electron chi connectivity index (χ3n) is 2.28. The average molecular weight is 337 g/mol. The molecular weight excluding hydrogens is 316 g/mol. The number of aromatic nitrogens is 2. The molecule has 124 valence electrons. The van der Waals surface area contributed by atoms with Gasteiger partial charge in [0.15, 0.2) is 12.6 Å². The van der Waals surface area contributed by atoms with Gasteiger partial charge in [-0.05, 0) is 38.4 Å². The van der Waals surface area contributed by atoms with Gasteiger partial charge in [-0.25, -0.2) is 0 Å². The number of rotatable bonds is 3. The van der Waals surface area contributed by atoms with Gasteiger partial charge in [0.05, 0.1) is 16.9 Å². The number of hydrogen-bond acceptors (Lipinski definition) is 6. The monoisotopic (exact) mass is 336 g/mol. The molecule has 1 N–H and O–H groups in total. The summed E-state index contributed by atoms with van der Waals surface area (Å²) in [5, 5.41) is 3.29. The number of nitrogens with zero attached hydrogens (tertiary/aromatic N) is 3. The molecule has 2 aromatic heterocycles. The summed E-state index contributed by atoms with van der Waals surface area (Å²) < 4.78 is 0. The second-order valence-corrected chi connectivity index (χ2v) is 4.91. The SMILES string of the molecule is CN(C)c1ccc(C=O)nc1.CNC.O=Cc1ccc(Cl)cn1. The fourth-order valence-corrected chi connectivity index (χ4v) is 1.30. The summed E-state index contributed by atoms with van der Waals surface area (Å²) >= 11 is 5.49. The molecule has 2 aromatic rings. The van der Waals surface area contributed by atoms with Crippen molar-refractivity contribution in [3.05, 3.63) is 53.1 Å². The quantitative estimate of drug-likeness (QED) is 0.867. The Morgan fingerprint density at radius 2 is 1.43 bits per heavy atom. The second-order valence-electron chi connectivity index (χ2n) is 4.47. The van der Waals surface area contributed by atoms with Crippen LogP contribution in [0.2, 0.25) is 5.02 Å². The lowest BCUT2D eigenvalue weighted by Crippen LogP contribution is -2.08. The van der Waals surface area contributed by atoms with Crippen molar-refractivity contribution in [2.45, 2.75) is 0 Å². The maximum Gasteiger partial charge on any atom is 0.168 e. The third kappa shape index (κ3) is 9.34. The van der Waals surface area contributed by atoms with E-state index in [0.29, 0.717) is 22.7 Å². The fourth-order valence-electron chi connectivity index (χ4n) is 1.19. The van der Waals surface area contributed by atoms with Crippen molar-refractivity contribution in [3.8, 4) is 0 Å². The first kappa shape index (κ1) is 20.7. The highest BCUT2D eigenvalue weighted by atomic mass is 35.5. The molecule has 0 amide bonds. The number of carbonyl (C=O) groups excluding carboxylic acids is 2. The first-order valence-electron chi connectivity index (χ1n) is 6.72.